The Morgan fingerprint density at radius 3 is 2.39 bits per heavy atom. The largest absolute Gasteiger partial charge is 0.504 e. The lowest BCUT2D eigenvalue weighted by Crippen LogP contribution is -2.25. The molecule has 0 amide bonds. The average Bonchev–Trinajstić information content (AvgIpc) is 3.21. The summed E-state index contributed by atoms with van der Waals surface area (Å²) in [5, 5.41) is 21.6. The summed E-state index contributed by atoms with van der Waals surface area (Å²) < 4.78 is 37.8. The van der Waals surface area contributed by atoms with Gasteiger partial charge in [-0.2, -0.15) is 8.75 Å². The van der Waals surface area contributed by atoms with Gasteiger partial charge in [0.2, 0.25) is 10.0 Å². The van der Waals surface area contributed by atoms with E-state index in [9.17, 15) is 13.5 Å². The van der Waals surface area contributed by atoms with Gasteiger partial charge in [-0.25, -0.2) is 13.6 Å². The van der Waals surface area contributed by atoms with Crippen LogP contribution in [0.1, 0.15) is 45.8 Å². The second-order valence-corrected chi connectivity index (χ2v) is 10.2. The monoisotopic (exact) mass is 487 g/mol. The number of aryl methyl sites for hydroxylation is 1. The molecule has 31 heavy (non-hydrogen) atoms. The summed E-state index contributed by atoms with van der Waals surface area (Å²) in [7, 11) is -4.23. The van der Waals surface area contributed by atoms with Crippen molar-refractivity contribution in [1.82, 2.24) is 8.75 Å². The quantitative estimate of drug-likeness (QED) is 0.354. The molecule has 2 aromatic heterocycles. The molecule has 12 heteroatoms. The number of nitrogens with one attached hydrogen (secondary N) is 2. The highest BCUT2D eigenvalue weighted by Gasteiger charge is 2.31. The topological polar surface area (TPSA) is 143 Å². The molecule has 0 saturated heterocycles. The Kier molecular flexibility index (Phi) is 7.26. The van der Waals surface area contributed by atoms with Crippen LogP contribution >= 0.6 is 23.3 Å². The van der Waals surface area contributed by atoms with Crippen LogP contribution in [0.2, 0.25) is 5.02 Å². The molecule has 5 N–H and O–H groups in total. The fourth-order valence-corrected chi connectivity index (χ4v) is 4.54. The van der Waals surface area contributed by atoms with Crippen molar-refractivity contribution in [2.24, 2.45) is 10.6 Å². The molecule has 3 aromatic rings. The van der Waals surface area contributed by atoms with Crippen molar-refractivity contribution < 1.29 is 17.9 Å². The van der Waals surface area contributed by atoms with Gasteiger partial charge in [0.05, 0.1) is 28.5 Å². The van der Waals surface area contributed by atoms with E-state index >= 15 is 0 Å². The molecule has 0 aliphatic carbocycles. The van der Waals surface area contributed by atoms with E-state index in [2.05, 4.69) is 40.2 Å². The number of benzene rings is 1. The number of hydrogen-bond donors (Lipinski definition) is 4. The third kappa shape index (κ3) is 5.48. The van der Waals surface area contributed by atoms with Crippen LogP contribution in [-0.2, 0) is 10.0 Å². The molecule has 3 rings (SSSR count). The summed E-state index contributed by atoms with van der Waals surface area (Å²) in [4.78, 5) is -0.564. The van der Waals surface area contributed by atoms with Gasteiger partial charge in [-0.1, -0.05) is 39.8 Å². The SMILES string of the molecule is C.Cc1ccc([C@H](Nc2nsnc2Nc2ccc(Cl)c(S(N)(=O)=O)c2O)C(C)(C)C)o1. The number of phenols is 1. The molecular weight excluding hydrogens is 462 g/mol. The van der Waals surface area contributed by atoms with E-state index in [4.69, 9.17) is 21.2 Å². The Bertz CT molecular complexity index is 1170. The molecule has 170 valence electrons. The maximum atomic E-state index is 11.8. The van der Waals surface area contributed by atoms with Crippen LogP contribution in [0.25, 0.3) is 0 Å². The number of primary sulfonamides is 1. The first-order valence-electron chi connectivity index (χ1n) is 8.84. The van der Waals surface area contributed by atoms with E-state index in [1.807, 2.05) is 19.1 Å². The van der Waals surface area contributed by atoms with Crippen molar-refractivity contribution in [3.8, 4) is 5.75 Å². The number of rotatable bonds is 6. The first kappa shape index (κ1) is 24.9. The smallest absolute Gasteiger partial charge is 0.243 e. The predicted octanol–water partition coefficient (Wildman–Crippen LogP) is 5.02. The van der Waals surface area contributed by atoms with Gasteiger partial charge in [-0.15, -0.1) is 0 Å². The molecule has 0 bridgehead atoms. The number of hydrogen-bond acceptors (Lipinski definition) is 9. The number of nitrogens with zero attached hydrogens (tertiary/aromatic N) is 2. The van der Waals surface area contributed by atoms with E-state index in [1.165, 1.54) is 12.1 Å². The van der Waals surface area contributed by atoms with Crippen LogP contribution < -0.4 is 15.8 Å². The molecule has 1 atom stereocenters. The second-order valence-electron chi connectivity index (χ2n) is 7.80. The van der Waals surface area contributed by atoms with Gasteiger partial charge >= 0.3 is 0 Å². The normalized spacial score (nSPS) is 12.8. The Morgan fingerprint density at radius 2 is 1.84 bits per heavy atom. The molecule has 9 nitrogen and oxygen atoms in total. The lowest BCUT2D eigenvalue weighted by Gasteiger charge is -2.30. The zero-order chi connectivity index (χ0) is 22.3. The van der Waals surface area contributed by atoms with Crippen LogP contribution in [0.5, 0.6) is 5.75 Å². The molecule has 0 aliphatic rings. The van der Waals surface area contributed by atoms with Crippen LogP contribution in [0, 0.1) is 12.3 Å². The van der Waals surface area contributed by atoms with Crippen molar-refractivity contribution >= 4 is 50.7 Å². The number of phenolic OH excluding ortho intramolecular Hbond substituents is 1. The number of nitrogens with two attached hydrogens (primary N) is 1. The standard InChI is InChI=1S/C18H22ClN5O4S2.CH4/c1-9-5-8-12(28-9)15(18(2,3)4)22-17-16(23-29-24-17)21-11-7-6-10(19)14(13(11)25)30(20,26)27;/h5-8,15,25H,1-4H3,(H,21,23)(H,22,24)(H2,20,26,27);1H4/t15-;/m0./s1. The fourth-order valence-electron chi connectivity index (χ4n) is 2.87. The third-order valence-corrected chi connectivity index (χ3v) is 6.24. The van der Waals surface area contributed by atoms with Crippen molar-refractivity contribution in [3.63, 3.8) is 0 Å². The molecule has 0 fully saturated rings. The molecule has 0 spiro atoms. The zero-order valence-electron chi connectivity index (χ0n) is 16.7. The van der Waals surface area contributed by atoms with Crippen LogP contribution in [0.3, 0.4) is 0 Å². The number of furan rings is 1. The van der Waals surface area contributed by atoms with Gasteiger partial charge in [0.1, 0.15) is 16.4 Å². The first-order chi connectivity index (χ1) is 13.9. The van der Waals surface area contributed by atoms with E-state index in [0.29, 0.717) is 11.6 Å². The lowest BCUT2D eigenvalue weighted by atomic mass is 9.85. The van der Waals surface area contributed by atoms with Crippen LogP contribution in [0.4, 0.5) is 17.3 Å². The van der Waals surface area contributed by atoms with E-state index in [-0.39, 0.29) is 29.6 Å². The van der Waals surface area contributed by atoms with Gasteiger partial charge < -0.3 is 20.2 Å². The highest BCUT2D eigenvalue weighted by Crippen LogP contribution is 2.41. The number of aromatic nitrogens is 2. The number of halogens is 1. The third-order valence-electron chi connectivity index (χ3n) is 4.30. The lowest BCUT2D eigenvalue weighted by molar-refractivity contribution is 0.300. The summed E-state index contributed by atoms with van der Waals surface area (Å²) in [6, 6.07) is 6.30. The van der Waals surface area contributed by atoms with E-state index in [1.54, 1.807) is 0 Å². The maximum absolute atomic E-state index is 11.8. The second kappa shape index (κ2) is 9.03. The Hall–Kier alpha value is -2.34. The highest BCUT2D eigenvalue weighted by molar-refractivity contribution is 7.89. The highest BCUT2D eigenvalue weighted by atomic mass is 35.5. The zero-order valence-corrected chi connectivity index (χ0v) is 19.1. The summed E-state index contributed by atoms with van der Waals surface area (Å²) in [6.45, 7) is 8.03. The summed E-state index contributed by atoms with van der Waals surface area (Å²) >= 11 is 6.84. The van der Waals surface area contributed by atoms with Gasteiger partial charge in [0.15, 0.2) is 17.4 Å². The van der Waals surface area contributed by atoms with Crippen molar-refractivity contribution in [3.05, 3.63) is 40.8 Å². The van der Waals surface area contributed by atoms with Gasteiger partial charge in [0.25, 0.3) is 0 Å². The first-order valence-corrected chi connectivity index (χ1v) is 11.5. The van der Waals surface area contributed by atoms with Gasteiger partial charge in [0, 0.05) is 0 Å². The number of anilines is 3. The maximum Gasteiger partial charge on any atom is 0.243 e. The molecule has 0 unspecified atom stereocenters. The molecule has 0 saturated carbocycles. The average molecular weight is 488 g/mol. The number of sulfonamides is 1. The van der Waals surface area contributed by atoms with Crippen molar-refractivity contribution in [2.45, 2.75) is 46.1 Å². The fraction of sp³-hybridized carbons (Fsp3) is 0.368. The van der Waals surface area contributed by atoms with E-state index in [0.717, 1.165) is 23.2 Å². The minimum atomic E-state index is -4.23. The molecule has 1 aromatic carbocycles. The van der Waals surface area contributed by atoms with Crippen molar-refractivity contribution in [2.75, 3.05) is 10.6 Å². The molecule has 2 heterocycles. The van der Waals surface area contributed by atoms with Gasteiger partial charge in [-0.05, 0) is 36.6 Å². The van der Waals surface area contributed by atoms with Crippen molar-refractivity contribution in [1.29, 1.82) is 0 Å². The summed E-state index contributed by atoms with van der Waals surface area (Å²) in [5.74, 6) is 1.65. The Balaban J connectivity index is 0.00000341. The number of aromatic hydroxyl groups is 1. The summed E-state index contributed by atoms with van der Waals surface area (Å²) in [6.07, 6.45) is 0. The molecule has 0 aliphatic heterocycles. The Morgan fingerprint density at radius 1 is 1.19 bits per heavy atom. The minimum Gasteiger partial charge on any atom is -0.504 e. The summed E-state index contributed by atoms with van der Waals surface area (Å²) in [5.41, 5.74) is -0.158. The van der Waals surface area contributed by atoms with Crippen LogP contribution in [-0.4, -0.2) is 22.3 Å². The van der Waals surface area contributed by atoms with Crippen LogP contribution in [0.15, 0.2) is 33.6 Å². The Labute approximate surface area is 191 Å². The predicted molar refractivity (Wildman–Crippen MR) is 124 cm³/mol. The molecular formula is C19H26ClN5O4S2. The minimum absolute atomic E-state index is 0. The van der Waals surface area contributed by atoms with E-state index < -0.39 is 20.7 Å². The molecule has 0 radical (unpaired) electrons. The van der Waals surface area contributed by atoms with Gasteiger partial charge in [-0.3, -0.25) is 0 Å².